The van der Waals surface area contributed by atoms with Gasteiger partial charge < -0.3 is 9.73 Å². The van der Waals surface area contributed by atoms with E-state index in [0.29, 0.717) is 17.2 Å². The Morgan fingerprint density at radius 2 is 1.76 bits per heavy atom. The molecule has 1 heterocycles. The number of benzene rings is 2. The van der Waals surface area contributed by atoms with E-state index in [-0.39, 0.29) is 11.3 Å². The van der Waals surface area contributed by atoms with Gasteiger partial charge in [0.2, 0.25) is 11.8 Å². The lowest BCUT2D eigenvalue weighted by Crippen LogP contribution is -2.29. The van der Waals surface area contributed by atoms with Crippen molar-refractivity contribution in [3.05, 3.63) is 65.7 Å². The lowest BCUT2D eigenvalue weighted by Gasteiger charge is -2.18. The standard InChI is InChI=1S/C23H25N3O2S/c1-23(2,3)17-11-9-16(10-12-17)21-25-26-22(28-21)29-19(15-7-5-4-6-8-15)20(27)24-18-13-14-18/h4-12,18-19H,13-14H2,1-3H3,(H,24,27)/t19-/m0/s1. The number of hydrogen-bond acceptors (Lipinski definition) is 5. The van der Waals surface area contributed by atoms with Crippen LogP contribution in [0.3, 0.4) is 0 Å². The van der Waals surface area contributed by atoms with E-state index in [0.717, 1.165) is 24.0 Å². The Morgan fingerprint density at radius 1 is 1.07 bits per heavy atom. The summed E-state index contributed by atoms with van der Waals surface area (Å²) in [6, 6.07) is 18.2. The van der Waals surface area contributed by atoms with E-state index in [4.69, 9.17) is 4.42 Å². The van der Waals surface area contributed by atoms with Gasteiger partial charge in [-0.15, -0.1) is 10.2 Å². The van der Waals surface area contributed by atoms with E-state index in [1.165, 1.54) is 17.3 Å². The van der Waals surface area contributed by atoms with E-state index in [2.05, 4.69) is 48.4 Å². The zero-order valence-electron chi connectivity index (χ0n) is 16.9. The van der Waals surface area contributed by atoms with Crippen molar-refractivity contribution >= 4 is 17.7 Å². The average Bonchev–Trinajstić information content (AvgIpc) is 3.40. The number of aromatic nitrogens is 2. The fourth-order valence-corrected chi connectivity index (χ4v) is 3.88. The second-order valence-corrected chi connectivity index (χ2v) is 9.45. The summed E-state index contributed by atoms with van der Waals surface area (Å²) >= 11 is 1.29. The van der Waals surface area contributed by atoms with E-state index >= 15 is 0 Å². The smallest absolute Gasteiger partial charge is 0.277 e. The molecule has 0 unspecified atom stereocenters. The minimum absolute atomic E-state index is 0.0158. The van der Waals surface area contributed by atoms with Crippen LogP contribution in [-0.2, 0) is 10.2 Å². The third kappa shape index (κ3) is 4.88. The van der Waals surface area contributed by atoms with Crippen LogP contribution in [0.25, 0.3) is 11.5 Å². The first kappa shape index (κ1) is 19.7. The molecule has 0 radical (unpaired) electrons. The summed E-state index contributed by atoms with van der Waals surface area (Å²) in [4.78, 5) is 12.8. The number of rotatable bonds is 6. The topological polar surface area (TPSA) is 68.0 Å². The maximum Gasteiger partial charge on any atom is 0.277 e. The quantitative estimate of drug-likeness (QED) is 0.573. The van der Waals surface area contributed by atoms with Crippen LogP contribution >= 0.6 is 11.8 Å². The molecule has 0 aliphatic heterocycles. The molecule has 4 rings (SSSR count). The summed E-state index contributed by atoms with van der Waals surface area (Å²) in [6.07, 6.45) is 2.10. The second kappa shape index (κ2) is 8.03. The average molecular weight is 408 g/mol. The molecule has 3 aromatic rings. The molecule has 1 saturated carbocycles. The third-order valence-electron chi connectivity index (χ3n) is 4.89. The Bertz CT molecular complexity index is 973. The number of nitrogens with zero attached hydrogens (tertiary/aromatic N) is 2. The van der Waals surface area contributed by atoms with Gasteiger partial charge in [0.25, 0.3) is 5.22 Å². The summed E-state index contributed by atoms with van der Waals surface area (Å²) in [5.41, 5.74) is 3.13. The predicted octanol–water partition coefficient (Wildman–Crippen LogP) is 5.15. The first-order valence-corrected chi connectivity index (χ1v) is 10.7. The van der Waals surface area contributed by atoms with Gasteiger partial charge in [-0.05, 0) is 53.3 Å². The van der Waals surface area contributed by atoms with E-state index < -0.39 is 5.25 Å². The molecule has 150 valence electrons. The van der Waals surface area contributed by atoms with E-state index in [9.17, 15) is 4.79 Å². The van der Waals surface area contributed by atoms with Gasteiger partial charge in [0.1, 0.15) is 5.25 Å². The summed E-state index contributed by atoms with van der Waals surface area (Å²) < 4.78 is 5.88. The summed E-state index contributed by atoms with van der Waals surface area (Å²) in [6.45, 7) is 6.54. The number of hydrogen-bond donors (Lipinski definition) is 1. The highest BCUT2D eigenvalue weighted by Crippen LogP contribution is 2.37. The van der Waals surface area contributed by atoms with Crippen molar-refractivity contribution in [3.8, 4) is 11.5 Å². The molecule has 0 bridgehead atoms. The summed E-state index contributed by atoms with van der Waals surface area (Å²) in [5, 5.41) is 11.4. The molecule has 5 nitrogen and oxygen atoms in total. The molecule has 1 aliphatic carbocycles. The van der Waals surface area contributed by atoms with Crippen molar-refractivity contribution in [1.82, 2.24) is 15.5 Å². The van der Waals surface area contributed by atoms with Crippen LogP contribution in [0.5, 0.6) is 0 Å². The van der Waals surface area contributed by atoms with Crippen molar-refractivity contribution in [2.75, 3.05) is 0 Å². The fourth-order valence-electron chi connectivity index (χ4n) is 2.99. The second-order valence-electron chi connectivity index (χ2n) is 8.39. The molecule has 1 amide bonds. The fraction of sp³-hybridized carbons (Fsp3) is 0.348. The zero-order chi connectivity index (χ0) is 20.4. The minimum Gasteiger partial charge on any atom is -0.411 e. The molecule has 1 aliphatic rings. The number of amides is 1. The molecule has 1 aromatic heterocycles. The number of carbonyl (C=O) groups excluding carboxylic acids is 1. The van der Waals surface area contributed by atoms with Crippen LogP contribution in [0.4, 0.5) is 0 Å². The summed E-state index contributed by atoms with van der Waals surface area (Å²) in [5.74, 6) is 0.445. The van der Waals surface area contributed by atoms with Gasteiger partial charge in [0.15, 0.2) is 0 Å². The van der Waals surface area contributed by atoms with Crippen molar-refractivity contribution in [2.24, 2.45) is 0 Å². The highest BCUT2D eigenvalue weighted by Gasteiger charge is 2.30. The summed E-state index contributed by atoms with van der Waals surface area (Å²) in [7, 11) is 0. The third-order valence-corrected chi connectivity index (χ3v) is 5.98. The number of nitrogens with one attached hydrogen (secondary N) is 1. The molecule has 0 saturated heterocycles. The minimum atomic E-state index is -0.423. The molecular formula is C23H25N3O2S. The first-order chi connectivity index (χ1) is 13.9. The molecule has 1 atom stereocenters. The Hall–Kier alpha value is -2.60. The lowest BCUT2D eigenvalue weighted by molar-refractivity contribution is -0.120. The largest absolute Gasteiger partial charge is 0.411 e. The monoisotopic (exact) mass is 407 g/mol. The Kier molecular flexibility index (Phi) is 5.46. The molecule has 1 N–H and O–H groups in total. The van der Waals surface area contributed by atoms with Gasteiger partial charge in [0, 0.05) is 11.6 Å². The zero-order valence-corrected chi connectivity index (χ0v) is 17.7. The first-order valence-electron chi connectivity index (χ1n) is 9.86. The predicted molar refractivity (Wildman–Crippen MR) is 115 cm³/mol. The highest BCUT2D eigenvalue weighted by atomic mass is 32.2. The van der Waals surface area contributed by atoms with Crippen LogP contribution in [0.15, 0.2) is 64.2 Å². The van der Waals surface area contributed by atoms with Crippen LogP contribution in [0, 0.1) is 0 Å². The Morgan fingerprint density at radius 3 is 2.38 bits per heavy atom. The van der Waals surface area contributed by atoms with Gasteiger partial charge in [-0.3, -0.25) is 4.79 Å². The van der Waals surface area contributed by atoms with E-state index in [1.54, 1.807) is 0 Å². The van der Waals surface area contributed by atoms with Crippen molar-refractivity contribution < 1.29 is 9.21 Å². The number of carbonyl (C=O) groups is 1. The highest BCUT2D eigenvalue weighted by molar-refractivity contribution is 8.00. The maximum atomic E-state index is 12.8. The normalized spacial score (nSPS) is 15.1. The van der Waals surface area contributed by atoms with Gasteiger partial charge >= 0.3 is 0 Å². The number of thioether (sulfide) groups is 1. The van der Waals surface area contributed by atoms with Crippen LogP contribution in [0.1, 0.15) is 50.0 Å². The van der Waals surface area contributed by atoms with Crippen LogP contribution in [-0.4, -0.2) is 22.1 Å². The van der Waals surface area contributed by atoms with Crippen LogP contribution < -0.4 is 5.32 Å². The van der Waals surface area contributed by atoms with Crippen molar-refractivity contribution in [3.63, 3.8) is 0 Å². The van der Waals surface area contributed by atoms with E-state index in [1.807, 2.05) is 42.5 Å². The molecule has 2 aromatic carbocycles. The maximum absolute atomic E-state index is 12.8. The van der Waals surface area contributed by atoms with Crippen molar-refractivity contribution in [2.45, 2.75) is 55.5 Å². The van der Waals surface area contributed by atoms with Gasteiger partial charge in [0.05, 0.1) is 0 Å². The Balaban J connectivity index is 1.53. The molecule has 1 fully saturated rings. The SMILES string of the molecule is CC(C)(C)c1ccc(-c2nnc(S[C@H](C(=O)NC3CC3)c3ccccc3)o2)cc1. The van der Waals surface area contributed by atoms with Gasteiger partial charge in [-0.1, -0.05) is 63.2 Å². The van der Waals surface area contributed by atoms with Crippen molar-refractivity contribution in [1.29, 1.82) is 0 Å². The van der Waals surface area contributed by atoms with Gasteiger partial charge in [-0.25, -0.2) is 0 Å². The van der Waals surface area contributed by atoms with Gasteiger partial charge in [-0.2, -0.15) is 0 Å². The van der Waals surface area contributed by atoms with Crippen LogP contribution in [0.2, 0.25) is 0 Å². The molecule has 0 spiro atoms. The Labute approximate surface area is 175 Å². The lowest BCUT2D eigenvalue weighted by atomic mass is 9.87. The molecule has 29 heavy (non-hydrogen) atoms. The molecule has 6 heteroatoms. The molecular weight excluding hydrogens is 382 g/mol.